The molecule has 0 heterocycles. The van der Waals surface area contributed by atoms with E-state index in [0.717, 1.165) is 12.8 Å². The Kier molecular flexibility index (Phi) is 3.23. The van der Waals surface area contributed by atoms with E-state index in [1.807, 2.05) is 0 Å². The van der Waals surface area contributed by atoms with Crippen LogP contribution in [0, 0.1) is 11.8 Å². The van der Waals surface area contributed by atoms with Crippen LogP contribution in [0.2, 0.25) is 0 Å². The van der Waals surface area contributed by atoms with E-state index >= 15 is 0 Å². The highest BCUT2D eigenvalue weighted by Gasteiger charge is 2.36. The second-order valence-electron chi connectivity index (χ2n) is 3.38. The van der Waals surface area contributed by atoms with E-state index in [-0.39, 0.29) is 11.7 Å². The van der Waals surface area contributed by atoms with Crippen LogP contribution in [0.25, 0.3) is 0 Å². The normalized spacial score (nSPS) is 28.1. The molecule has 1 fully saturated rings. The summed E-state index contributed by atoms with van der Waals surface area (Å²) in [4.78, 5) is 22.2. The third-order valence-corrected chi connectivity index (χ3v) is 2.53. The monoisotopic (exact) mass is 182 g/mol. The van der Waals surface area contributed by atoms with Gasteiger partial charge in [0.1, 0.15) is 0 Å². The fourth-order valence-corrected chi connectivity index (χ4v) is 1.88. The van der Waals surface area contributed by atoms with Crippen LogP contribution in [0.3, 0.4) is 0 Å². The van der Waals surface area contributed by atoms with Crippen LogP contribution in [-0.2, 0) is 9.59 Å². The molecule has 0 unspecified atom stereocenters. The molecule has 0 spiro atoms. The summed E-state index contributed by atoms with van der Waals surface area (Å²) in [7, 11) is 0. The van der Waals surface area contributed by atoms with Crippen LogP contribution in [0.4, 0.5) is 0 Å². The third kappa shape index (κ3) is 2.17. The highest BCUT2D eigenvalue weighted by molar-refractivity contribution is 5.94. The molecule has 0 saturated heterocycles. The Bertz CT molecular complexity index is 243. The van der Waals surface area contributed by atoms with Gasteiger partial charge in [-0.05, 0) is 25.8 Å². The standard InChI is InChI=1S/C10H14O3/c1-2-4-9(11)7-5-3-6-8(7)10(12)13/h2,4,7-8H,3,5-6H2,1H3,(H,12,13)/b4-2+/t7-,8+/m1/s1. The minimum absolute atomic E-state index is 0.0348. The molecule has 13 heavy (non-hydrogen) atoms. The first kappa shape index (κ1) is 9.96. The highest BCUT2D eigenvalue weighted by Crippen LogP contribution is 2.32. The zero-order valence-corrected chi connectivity index (χ0v) is 7.69. The van der Waals surface area contributed by atoms with Crippen LogP contribution in [-0.4, -0.2) is 16.9 Å². The highest BCUT2D eigenvalue weighted by atomic mass is 16.4. The molecule has 1 saturated carbocycles. The Balaban J connectivity index is 2.68. The Morgan fingerprint density at radius 2 is 1.92 bits per heavy atom. The molecule has 1 N–H and O–H groups in total. The van der Waals surface area contributed by atoms with Gasteiger partial charge in [0.25, 0.3) is 0 Å². The molecule has 3 heteroatoms. The molecule has 1 rings (SSSR count). The fourth-order valence-electron chi connectivity index (χ4n) is 1.88. The van der Waals surface area contributed by atoms with Gasteiger partial charge in [0, 0.05) is 5.92 Å². The van der Waals surface area contributed by atoms with Crippen molar-refractivity contribution in [3.63, 3.8) is 0 Å². The van der Waals surface area contributed by atoms with Gasteiger partial charge in [-0.25, -0.2) is 0 Å². The smallest absolute Gasteiger partial charge is 0.307 e. The maximum absolute atomic E-state index is 11.4. The first-order valence-electron chi connectivity index (χ1n) is 4.56. The van der Waals surface area contributed by atoms with Crippen LogP contribution < -0.4 is 0 Å². The number of carbonyl (C=O) groups excluding carboxylic acids is 1. The van der Waals surface area contributed by atoms with Crippen molar-refractivity contribution in [3.8, 4) is 0 Å². The second-order valence-corrected chi connectivity index (χ2v) is 3.38. The number of carbonyl (C=O) groups is 2. The van der Waals surface area contributed by atoms with Gasteiger partial charge >= 0.3 is 5.97 Å². The fraction of sp³-hybridized carbons (Fsp3) is 0.600. The molecule has 3 nitrogen and oxygen atoms in total. The maximum Gasteiger partial charge on any atom is 0.307 e. The van der Waals surface area contributed by atoms with Crippen molar-refractivity contribution in [2.45, 2.75) is 26.2 Å². The van der Waals surface area contributed by atoms with Gasteiger partial charge in [0.15, 0.2) is 5.78 Å². The lowest BCUT2D eigenvalue weighted by atomic mass is 9.92. The molecule has 0 aliphatic heterocycles. The number of hydrogen-bond donors (Lipinski definition) is 1. The largest absolute Gasteiger partial charge is 0.481 e. The van der Waals surface area contributed by atoms with Crippen LogP contribution in [0.5, 0.6) is 0 Å². The molecule has 0 amide bonds. The van der Waals surface area contributed by atoms with Gasteiger partial charge < -0.3 is 5.11 Å². The van der Waals surface area contributed by atoms with Crippen molar-refractivity contribution in [1.82, 2.24) is 0 Å². The molecule has 0 aromatic heterocycles. The predicted molar refractivity (Wildman–Crippen MR) is 48.3 cm³/mol. The first-order chi connectivity index (χ1) is 6.16. The van der Waals surface area contributed by atoms with E-state index in [0.29, 0.717) is 6.42 Å². The van der Waals surface area contributed by atoms with Gasteiger partial charge in [-0.1, -0.05) is 12.5 Å². The molecular formula is C10H14O3. The van der Waals surface area contributed by atoms with E-state index in [9.17, 15) is 9.59 Å². The number of allylic oxidation sites excluding steroid dienone is 2. The van der Waals surface area contributed by atoms with Gasteiger partial charge in [0.2, 0.25) is 0 Å². The Morgan fingerprint density at radius 3 is 2.46 bits per heavy atom. The van der Waals surface area contributed by atoms with Crippen LogP contribution in [0.1, 0.15) is 26.2 Å². The number of hydrogen-bond acceptors (Lipinski definition) is 2. The lowest BCUT2D eigenvalue weighted by Crippen LogP contribution is -2.23. The lowest BCUT2D eigenvalue weighted by Gasteiger charge is -2.11. The number of ketones is 1. The van der Waals surface area contributed by atoms with Crippen molar-refractivity contribution in [2.24, 2.45) is 11.8 Å². The van der Waals surface area contributed by atoms with E-state index in [1.54, 1.807) is 13.0 Å². The molecule has 0 radical (unpaired) electrons. The summed E-state index contributed by atoms with van der Waals surface area (Å²) in [6, 6.07) is 0. The van der Waals surface area contributed by atoms with E-state index in [2.05, 4.69) is 0 Å². The Labute approximate surface area is 77.4 Å². The summed E-state index contributed by atoms with van der Waals surface area (Å²) >= 11 is 0. The Hall–Kier alpha value is -1.12. The third-order valence-electron chi connectivity index (χ3n) is 2.53. The zero-order valence-electron chi connectivity index (χ0n) is 7.69. The summed E-state index contributed by atoms with van der Waals surface area (Å²) in [5.41, 5.74) is 0. The molecule has 2 atom stereocenters. The number of carboxylic acids is 1. The molecule has 0 aromatic carbocycles. The van der Waals surface area contributed by atoms with Crippen molar-refractivity contribution in [1.29, 1.82) is 0 Å². The van der Waals surface area contributed by atoms with Crippen molar-refractivity contribution in [2.75, 3.05) is 0 Å². The summed E-state index contributed by atoms with van der Waals surface area (Å²) in [5.74, 6) is -1.61. The number of aliphatic carboxylic acids is 1. The molecule has 72 valence electrons. The van der Waals surface area contributed by atoms with E-state index < -0.39 is 11.9 Å². The summed E-state index contributed by atoms with van der Waals surface area (Å²) in [6.07, 6.45) is 5.36. The van der Waals surface area contributed by atoms with Crippen molar-refractivity contribution in [3.05, 3.63) is 12.2 Å². The quantitative estimate of drug-likeness (QED) is 0.675. The van der Waals surface area contributed by atoms with Gasteiger partial charge in [-0.2, -0.15) is 0 Å². The van der Waals surface area contributed by atoms with Gasteiger partial charge in [-0.15, -0.1) is 0 Å². The summed E-state index contributed by atoms with van der Waals surface area (Å²) in [6.45, 7) is 1.77. The van der Waals surface area contributed by atoms with Crippen LogP contribution >= 0.6 is 0 Å². The van der Waals surface area contributed by atoms with E-state index in [4.69, 9.17) is 5.11 Å². The zero-order chi connectivity index (χ0) is 9.84. The SMILES string of the molecule is C/C=C/C(=O)[C@@H]1CCC[C@@H]1C(=O)O. The second kappa shape index (κ2) is 4.21. The minimum atomic E-state index is -0.833. The minimum Gasteiger partial charge on any atom is -0.481 e. The topological polar surface area (TPSA) is 54.4 Å². The Morgan fingerprint density at radius 1 is 1.31 bits per heavy atom. The molecular weight excluding hydrogens is 168 g/mol. The molecule has 0 bridgehead atoms. The summed E-state index contributed by atoms with van der Waals surface area (Å²) < 4.78 is 0. The van der Waals surface area contributed by atoms with Gasteiger partial charge in [0.05, 0.1) is 5.92 Å². The lowest BCUT2D eigenvalue weighted by molar-refractivity contribution is -0.144. The number of carboxylic acid groups (broad SMARTS) is 1. The maximum atomic E-state index is 11.4. The molecule has 1 aliphatic carbocycles. The predicted octanol–water partition coefficient (Wildman–Crippen LogP) is 1.63. The summed E-state index contributed by atoms with van der Waals surface area (Å²) in [5, 5.41) is 8.82. The first-order valence-corrected chi connectivity index (χ1v) is 4.56. The van der Waals surface area contributed by atoms with Crippen LogP contribution in [0.15, 0.2) is 12.2 Å². The van der Waals surface area contributed by atoms with E-state index in [1.165, 1.54) is 6.08 Å². The molecule has 0 aromatic rings. The average Bonchev–Trinajstić information content (AvgIpc) is 2.52. The van der Waals surface area contributed by atoms with Gasteiger partial charge in [-0.3, -0.25) is 9.59 Å². The molecule has 1 aliphatic rings. The average molecular weight is 182 g/mol. The van der Waals surface area contributed by atoms with Crippen molar-refractivity contribution < 1.29 is 14.7 Å². The van der Waals surface area contributed by atoms with Crippen molar-refractivity contribution >= 4 is 11.8 Å². The number of rotatable bonds is 3.